The first-order valence-electron chi connectivity index (χ1n) is 6.37. The van der Waals surface area contributed by atoms with E-state index in [0.717, 1.165) is 12.8 Å². The molecule has 1 fully saturated rings. The second-order valence-electron chi connectivity index (χ2n) is 4.72. The molecule has 1 heterocycles. The monoisotopic (exact) mass is 309 g/mol. The predicted octanol–water partition coefficient (Wildman–Crippen LogP) is 3.10. The SMILES string of the molecule is CC[C@@H](Nc1nc(Cl)nc(NCC2CC2)n1)C(F)(F)F. The van der Waals surface area contributed by atoms with E-state index in [1.54, 1.807) is 0 Å². The van der Waals surface area contributed by atoms with Gasteiger partial charge in [0.2, 0.25) is 17.2 Å². The summed E-state index contributed by atoms with van der Waals surface area (Å²) in [6.45, 7) is 2.12. The van der Waals surface area contributed by atoms with E-state index in [1.165, 1.54) is 6.92 Å². The number of aromatic nitrogens is 3. The van der Waals surface area contributed by atoms with Crippen LogP contribution < -0.4 is 10.6 Å². The van der Waals surface area contributed by atoms with Crippen molar-refractivity contribution in [3.63, 3.8) is 0 Å². The number of nitrogens with zero attached hydrogens (tertiary/aromatic N) is 3. The van der Waals surface area contributed by atoms with E-state index in [1.807, 2.05) is 0 Å². The maximum Gasteiger partial charge on any atom is 0.408 e. The lowest BCUT2D eigenvalue weighted by Crippen LogP contribution is -2.36. The van der Waals surface area contributed by atoms with Gasteiger partial charge in [0, 0.05) is 6.54 Å². The summed E-state index contributed by atoms with van der Waals surface area (Å²) >= 11 is 5.70. The van der Waals surface area contributed by atoms with Crippen LogP contribution in [0.4, 0.5) is 25.1 Å². The van der Waals surface area contributed by atoms with Crippen LogP contribution >= 0.6 is 11.6 Å². The molecule has 0 saturated heterocycles. The topological polar surface area (TPSA) is 62.7 Å². The second-order valence-corrected chi connectivity index (χ2v) is 5.06. The molecule has 1 aromatic rings. The first-order valence-corrected chi connectivity index (χ1v) is 6.75. The van der Waals surface area contributed by atoms with Crippen molar-refractivity contribution in [2.75, 3.05) is 17.2 Å². The summed E-state index contributed by atoms with van der Waals surface area (Å²) in [6.07, 6.45) is -2.21. The molecule has 9 heteroatoms. The molecular weight excluding hydrogens is 295 g/mol. The van der Waals surface area contributed by atoms with Crippen molar-refractivity contribution in [1.82, 2.24) is 15.0 Å². The van der Waals surface area contributed by atoms with E-state index in [2.05, 4.69) is 25.6 Å². The van der Waals surface area contributed by atoms with E-state index in [9.17, 15) is 13.2 Å². The van der Waals surface area contributed by atoms with Gasteiger partial charge in [-0.15, -0.1) is 0 Å². The van der Waals surface area contributed by atoms with Crippen LogP contribution in [0.25, 0.3) is 0 Å². The largest absolute Gasteiger partial charge is 0.408 e. The Labute approximate surface area is 119 Å². The lowest BCUT2D eigenvalue weighted by atomic mass is 10.2. The van der Waals surface area contributed by atoms with Crippen molar-refractivity contribution < 1.29 is 13.2 Å². The van der Waals surface area contributed by atoms with Crippen LogP contribution in [0.15, 0.2) is 0 Å². The van der Waals surface area contributed by atoms with Crippen LogP contribution in [-0.4, -0.2) is 33.7 Å². The average molecular weight is 310 g/mol. The fourth-order valence-electron chi connectivity index (χ4n) is 1.62. The van der Waals surface area contributed by atoms with E-state index in [4.69, 9.17) is 11.6 Å². The minimum Gasteiger partial charge on any atom is -0.354 e. The molecule has 2 rings (SSSR count). The number of rotatable bonds is 6. The Morgan fingerprint density at radius 1 is 1.25 bits per heavy atom. The molecule has 1 saturated carbocycles. The first-order chi connectivity index (χ1) is 9.38. The number of anilines is 2. The maximum atomic E-state index is 12.7. The van der Waals surface area contributed by atoms with Gasteiger partial charge < -0.3 is 10.6 Å². The smallest absolute Gasteiger partial charge is 0.354 e. The van der Waals surface area contributed by atoms with Gasteiger partial charge in [0.25, 0.3) is 0 Å². The minimum absolute atomic E-state index is 0.127. The third-order valence-corrected chi connectivity index (χ3v) is 3.13. The molecule has 20 heavy (non-hydrogen) atoms. The molecule has 0 bridgehead atoms. The molecule has 1 aliphatic rings. The lowest BCUT2D eigenvalue weighted by molar-refractivity contribution is -0.143. The summed E-state index contributed by atoms with van der Waals surface area (Å²) in [7, 11) is 0. The molecule has 1 aliphatic carbocycles. The zero-order valence-corrected chi connectivity index (χ0v) is 11.6. The number of halogens is 4. The van der Waals surface area contributed by atoms with Crippen molar-refractivity contribution >= 4 is 23.5 Å². The lowest BCUT2D eigenvalue weighted by Gasteiger charge is -2.20. The van der Waals surface area contributed by atoms with Crippen LogP contribution in [0, 0.1) is 5.92 Å². The summed E-state index contributed by atoms with van der Waals surface area (Å²) in [5, 5.41) is 5.05. The van der Waals surface area contributed by atoms with Crippen molar-refractivity contribution in [3.8, 4) is 0 Å². The normalized spacial score (nSPS) is 16.9. The Balaban J connectivity index is 2.05. The molecule has 0 aromatic carbocycles. The highest BCUT2D eigenvalue weighted by molar-refractivity contribution is 6.28. The van der Waals surface area contributed by atoms with Gasteiger partial charge in [-0.3, -0.25) is 0 Å². The molecule has 0 aliphatic heterocycles. The molecule has 0 amide bonds. The summed E-state index contributed by atoms with van der Waals surface area (Å²) in [5.41, 5.74) is 0. The Bertz CT molecular complexity index is 464. The number of hydrogen-bond donors (Lipinski definition) is 2. The Kier molecular flexibility index (Phi) is 4.52. The van der Waals surface area contributed by atoms with Crippen LogP contribution in [0.5, 0.6) is 0 Å². The molecule has 0 unspecified atom stereocenters. The minimum atomic E-state index is -4.37. The van der Waals surface area contributed by atoms with Crippen molar-refractivity contribution in [1.29, 1.82) is 0 Å². The van der Waals surface area contributed by atoms with Gasteiger partial charge in [0.05, 0.1) is 0 Å². The quantitative estimate of drug-likeness (QED) is 0.845. The summed E-state index contributed by atoms with van der Waals surface area (Å²) < 4.78 is 38.1. The molecule has 1 aromatic heterocycles. The number of alkyl halides is 3. The van der Waals surface area contributed by atoms with Gasteiger partial charge in [0.15, 0.2) is 0 Å². The number of nitrogens with one attached hydrogen (secondary N) is 2. The highest BCUT2D eigenvalue weighted by Gasteiger charge is 2.38. The molecular formula is C11H15ClF3N5. The van der Waals surface area contributed by atoms with Crippen LogP contribution in [0.3, 0.4) is 0 Å². The van der Waals surface area contributed by atoms with E-state index in [-0.39, 0.29) is 23.6 Å². The highest BCUT2D eigenvalue weighted by atomic mass is 35.5. The zero-order valence-electron chi connectivity index (χ0n) is 10.8. The predicted molar refractivity (Wildman–Crippen MR) is 69.8 cm³/mol. The van der Waals surface area contributed by atoms with Gasteiger partial charge in [-0.2, -0.15) is 28.1 Å². The first kappa shape index (κ1) is 15.1. The van der Waals surface area contributed by atoms with E-state index in [0.29, 0.717) is 12.5 Å². The third kappa shape index (κ3) is 4.36. The summed E-state index contributed by atoms with van der Waals surface area (Å²) in [6, 6.07) is -1.71. The molecule has 2 N–H and O–H groups in total. The van der Waals surface area contributed by atoms with Crippen LogP contribution in [0.1, 0.15) is 26.2 Å². The molecule has 5 nitrogen and oxygen atoms in total. The van der Waals surface area contributed by atoms with E-state index >= 15 is 0 Å². The molecule has 0 spiro atoms. The summed E-state index contributed by atoms with van der Waals surface area (Å²) in [4.78, 5) is 11.4. The fraction of sp³-hybridized carbons (Fsp3) is 0.727. The number of hydrogen-bond acceptors (Lipinski definition) is 5. The molecule has 112 valence electrons. The fourth-order valence-corrected chi connectivity index (χ4v) is 1.78. The van der Waals surface area contributed by atoms with Crippen LogP contribution in [0.2, 0.25) is 5.28 Å². The average Bonchev–Trinajstić information content (AvgIpc) is 3.15. The van der Waals surface area contributed by atoms with Crippen molar-refractivity contribution in [3.05, 3.63) is 5.28 Å². The third-order valence-electron chi connectivity index (χ3n) is 2.96. The van der Waals surface area contributed by atoms with Crippen molar-refractivity contribution in [2.45, 2.75) is 38.4 Å². The molecule has 0 radical (unpaired) electrons. The van der Waals surface area contributed by atoms with Gasteiger partial charge in [0.1, 0.15) is 6.04 Å². The Morgan fingerprint density at radius 2 is 1.90 bits per heavy atom. The second kappa shape index (κ2) is 5.99. The van der Waals surface area contributed by atoms with Crippen LogP contribution in [-0.2, 0) is 0 Å². The maximum absolute atomic E-state index is 12.7. The highest BCUT2D eigenvalue weighted by Crippen LogP contribution is 2.29. The van der Waals surface area contributed by atoms with E-state index < -0.39 is 12.2 Å². The van der Waals surface area contributed by atoms with Crippen molar-refractivity contribution in [2.24, 2.45) is 5.92 Å². The Morgan fingerprint density at radius 3 is 2.45 bits per heavy atom. The Hall–Kier alpha value is -1.31. The van der Waals surface area contributed by atoms with Gasteiger partial charge >= 0.3 is 6.18 Å². The summed E-state index contributed by atoms with van der Waals surface area (Å²) in [5.74, 6) is 0.601. The van der Waals surface area contributed by atoms with Gasteiger partial charge in [-0.1, -0.05) is 6.92 Å². The van der Waals surface area contributed by atoms with Gasteiger partial charge in [-0.25, -0.2) is 0 Å². The zero-order chi connectivity index (χ0) is 14.8. The molecule has 1 atom stereocenters. The van der Waals surface area contributed by atoms with Gasteiger partial charge in [-0.05, 0) is 36.8 Å². The standard InChI is InChI=1S/C11H15ClF3N5/c1-2-7(11(13,14)15)17-10-19-8(12)18-9(20-10)16-5-6-3-4-6/h6-7H,2-5H2,1H3,(H2,16,17,18,19,20)/t7-/m1/s1.